The van der Waals surface area contributed by atoms with Gasteiger partial charge in [-0.2, -0.15) is 0 Å². The molecule has 1 fully saturated rings. The molecule has 0 radical (unpaired) electrons. The van der Waals surface area contributed by atoms with Crippen LogP contribution in [0.15, 0.2) is 0 Å². The normalized spacial score (nSPS) is 42.6. The number of hydrogen-bond donors (Lipinski definition) is 1. The average Bonchev–Trinajstić information content (AvgIpc) is 2.09. The summed E-state index contributed by atoms with van der Waals surface area (Å²) in [5.74, 6) is 0.627. The van der Waals surface area contributed by atoms with Gasteiger partial charge in [0.2, 0.25) is 0 Å². The van der Waals surface area contributed by atoms with Gasteiger partial charge in [0.1, 0.15) is 0 Å². The van der Waals surface area contributed by atoms with Crippen molar-refractivity contribution in [2.24, 2.45) is 11.3 Å². The van der Waals surface area contributed by atoms with Gasteiger partial charge in [-0.1, -0.05) is 13.8 Å². The zero-order valence-electron chi connectivity index (χ0n) is 7.09. The van der Waals surface area contributed by atoms with Gasteiger partial charge in [0.25, 0.3) is 0 Å². The predicted octanol–water partition coefficient (Wildman–Crippen LogP) is 0.567. The molecular formula is C8H17NO. The Labute approximate surface area is 62.8 Å². The average molecular weight is 143 g/mol. The third kappa shape index (κ3) is 1.18. The SMILES string of the molecule is CC1CN(C)CC1(C)CO. The summed E-state index contributed by atoms with van der Waals surface area (Å²) < 4.78 is 0. The Bertz CT molecular complexity index is 126. The van der Waals surface area contributed by atoms with Gasteiger partial charge in [-0.15, -0.1) is 0 Å². The van der Waals surface area contributed by atoms with E-state index in [4.69, 9.17) is 5.11 Å². The summed E-state index contributed by atoms with van der Waals surface area (Å²) in [6, 6.07) is 0. The van der Waals surface area contributed by atoms with E-state index < -0.39 is 0 Å². The molecule has 0 aliphatic carbocycles. The van der Waals surface area contributed by atoms with Crippen LogP contribution in [0.1, 0.15) is 13.8 Å². The van der Waals surface area contributed by atoms with E-state index in [1.54, 1.807) is 0 Å². The zero-order chi connectivity index (χ0) is 7.78. The van der Waals surface area contributed by atoms with Gasteiger partial charge in [-0.3, -0.25) is 0 Å². The molecule has 2 heteroatoms. The first-order valence-electron chi connectivity index (χ1n) is 3.88. The van der Waals surface area contributed by atoms with Crippen molar-refractivity contribution in [1.29, 1.82) is 0 Å². The standard InChI is InChI=1S/C8H17NO/c1-7-4-9(3)5-8(7,2)6-10/h7,10H,4-6H2,1-3H3. The second-order valence-corrected chi connectivity index (χ2v) is 3.91. The van der Waals surface area contributed by atoms with Crippen LogP contribution in [0.3, 0.4) is 0 Å². The van der Waals surface area contributed by atoms with Crippen molar-refractivity contribution in [2.75, 3.05) is 26.7 Å². The number of rotatable bonds is 1. The maximum Gasteiger partial charge on any atom is 0.0500 e. The van der Waals surface area contributed by atoms with Crippen molar-refractivity contribution in [3.05, 3.63) is 0 Å². The van der Waals surface area contributed by atoms with Crippen LogP contribution >= 0.6 is 0 Å². The van der Waals surface area contributed by atoms with Crippen LogP contribution in [0.4, 0.5) is 0 Å². The van der Waals surface area contributed by atoms with Gasteiger partial charge < -0.3 is 10.0 Å². The third-order valence-corrected chi connectivity index (χ3v) is 2.77. The second kappa shape index (κ2) is 2.51. The Morgan fingerprint density at radius 3 is 2.50 bits per heavy atom. The molecule has 1 saturated heterocycles. The molecule has 1 heterocycles. The Hall–Kier alpha value is -0.0800. The van der Waals surface area contributed by atoms with E-state index in [2.05, 4.69) is 25.8 Å². The third-order valence-electron chi connectivity index (χ3n) is 2.77. The van der Waals surface area contributed by atoms with Gasteiger partial charge in [0, 0.05) is 25.1 Å². The fourth-order valence-corrected chi connectivity index (χ4v) is 1.73. The highest BCUT2D eigenvalue weighted by molar-refractivity contribution is 4.89. The minimum atomic E-state index is 0.148. The number of aliphatic hydroxyl groups excluding tert-OH is 1. The van der Waals surface area contributed by atoms with E-state index >= 15 is 0 Å². The highest BCUT2D eigenvalue weighted by atomic mass is 16.3. The smallest absolute Gasteiger partial charge is 0.0500 e. The number of aliphatic hydroxyl groups is 1. The van der Waals surface area contributed by atoms with Gasteiger partial charge in [0.05, 0.1) is 0 Å². The zero-order valence-corrected chi connectivity index (χ0v) is 7.09. The minimum absolute atomic E-state index is 0.148. The Kier molecular flexibility index (Phi) is 2.02. The van der Waals surface area contributed by atoms with E-state index in [1.807, 2.05) is 0 Å². The molecule has 0 bridgehead atoms. The molecule has 0 spiro atoms. The first-order chi connectivity index (χ1) is 4.58. The molecule has 0 amide bonds. The molecule has 2 unspecified atom stereocenters. The van der Waals surface area contributed by atoms with E-state index in [0.717, 1.165) is 13.1 Å². The fourth-order valence-electron chi connectivity index (χ4n) is 1.73. The summed E-state index contributed by atoms with van der Waals surface area (Å²) in [5, 5.41) is 9.09. The molecule has 2 nitrogen and oxygen atoms in total. The van der Waals surface area contributed by atoms with Crippen LogP contribution in [-0.2, 0) is 0 Å². The van der Waals surface area contributed by atoms with Crippen molar-refractivity contribution < 1.29 is 5.11 Å². The Morgan fingerprint density at radius 1 is 1.70 bits per heavy atom. The summed E-state index contributed by atoms with van der Waals surface area (Å²) >= 11 is 0. The quantitative estimate of drug-likeness (QED) is 0.580. The number of nitrogens with zero attached hydrogens (tertiary/aromatic N) is 1. The highest BCUT2D eigenvalue weighted by Gasteiger charge is 2.37. The first-order valence-corrected chi connectivity index (χ1v) is 3.88. The largest absolute Gasteiger partial charge is 0.396 e. The summed E-state index contributed by atoms with van der Waals surface area (Å²) in [7, 11) is 2.11. The van der Waals surface area contributed by atoms with Gasteiger partial charge in [-0.05, 0) is 13.0 Å². The van der Waals surface area contributed by atoms with E-state index in [0.29, 0.717) is 12.5 Å². The lowest BCUT2D eigenvalue weighted by molar-refractivity contribution is 0.119. The molecule has 1 rings (SSSR count). The lowest BCUT2D eigenvalue weighted by Crippen LogP contribution is -2.29. The van der Waals surface area contributed by atoms with Crippen LogP contribution in [0, 0.1) is 11.3 Å². The van der Waals surface area contributed by atoms with Crippen LogP contribution < -0.4 is 0 Å². The minimum Gasteiger partial charge on any atom is -0.396 e. The van der Waals surface area contributed by atoms with Gasteiger partial charge >= 0.3 is 0 Å². The second-order valence-electron chi connectivity index (χ2n) is 3.91. The molecule has 0 saturated carbocycles. The van der Waals surface area contributed by atoms with Crippen molar-refractivity contribution in [3.8, 4) is 0 Å². The molecular weight excluding hydrogens is 126 g/mol. The lowest BCUT2D eigenvalue weighted by atomic mass is 9.82. The van der Waals surface area contributed by atoms with Gasteiger partial charge in [-0.25, -0.2) is 0 Å². The van der Waals surface area contributed by atoms with Crippen molar-refractivity contribution >= 4 is 0 Å². The topological polar surface area (TPSA) is 23.5 Å². The molecule has 2 atom stereocenters. The predicted molar refractivity (Wildman–Crippen MR) is 41.9 cm³/mol. The fraction of sp³-hybridized carbons (Fsp3) is 1.00. The van der Waals surface area contributed by atoms with Crippen molar-refractivity contribution in [2.45, 2.75) is 13.8 Å². The van der Waals surface area contributed by atoms with Crippen molar-refractivity contribution in [1.82, 2.24) is 4.90 Å². The molecule has 60 valence electrons. The van der Waals surface area contributed by atoms with Crippen LogP contribution in [0.2, 0.25) is 0 Å². The highest BCUT2D eigenvalue weighted by Crippen LogP contribution is 2.33. The van der Waals surface area contributed by atoms with Crippen LogP contribution in [0.25, 0.3) is 0 Å². The number of hydrogen-bond acceptors (Lipinski definition) is 2. The maximum absolute atomic E-state index is 9.09. The summed E-state index contributed by atoms with van der Waals surface area (Å²) in [5.41, 5.74) is 0.148. The van der Waals surface area contributed by atoms with Crippen molar-refractivity contribution in [3.63, 3.8) is 0 Å². The molecule has 1 aliphatic rings. The summed E-state index contributed by atoms with van der Waals surface area (Å²) in [4.78, 5) is 2.28. The molecule has 0 aromatic carbocycles. The summed E-state index contributed by atoms with van der Waals surface area (Å²) in [6.07, 6.45) is 0. The monoisotopic (exact) mass is 143 g/mol. The Balaban J connectivity index is 2.61. The molecule has 0 aromatic heterocycles. The maximum atomic E-state index is 9.09. The van der Waals surface area contributed by atoms with E-state index in [9.17, 15) is 0 Å². The van der Waals surface area contributed by atoms with Crippen LogP contribution in [0.5, 0.6) is 0 Å². The molecule has 1 aliphatic heterocycles. The lowest BCUT2D eigenvalue weighted by Gasteiger charge is -2.24. The van der Waals surface area contributed by atoms with Crippen LogP contribution in [-0.4, -0.2) is 36.8 Å². The van der Waals surface area contributed by atoms with Gasteiger partial charge in [0.15, 0.2) is 0 Å². The molecule has 10 heavy (non-hydrogen) atoms. The molecule has 0 aromatic rings. The molecule has 1 N–H and O–H groups in total. The summed E-state index contributed by atoms with van der Waals surface area (Å²) in [6.45, 7) is 6.83. The van der Waals surface area contributed by atoms with E-state index in [-0.39, 0.29) is 5.41 Å². The first kappa shape index (κ1) is 8.02. The van der Waals surface area contributed by atoms with E-state index in [1.165, 1.54) is 0 Å². The number of likely N-dealkylation sites (tertiary alicyclic amines) is 1. The Morgan fingerprint density at radius 2 is 2.30 bits per heavy atom.